The van der Waals surface area contributed by atoms with Gasteiger partial charge in [-0.15, -0.1) is 0 Å². The van der Waals surface area contributed by atoms with Crippen molar-refractivity contribution in [3.63, 3.8) is 0 Å². The first-order valence-corrected chi connectivity index (χ1v) is 7.43. The van der Waals surface area contributed by atoms with Crippen molar-refractivity contribution in [3.05, 3.63) is 29.3 Å². The molecule has 0 atom stereocenters. The number of ether oxygens (including phenoxy) is 1. The van der Waals surface area contributed by atoms with Gasteiger partial charge in [0.1, 0.15) is 12.4 Å². The first-order valence-electron chi connectivity index (χ1n) is 5.72. The number of aryl methyl sites for hydroxylation is 1. The monoisotopic (exact) mass is 267 g/mol. The highest BCUT2D eigenvalue weighted by atomic mass is 32.2. The van der Waals surface area contributed by atoms with Crippen molar-refractivity contribution in [1.29, 1.82) is 5.26 Å². The maximum Gasteiger partial charge on any atom is 0.155 e. The Morgan fingerprint density at radius 1 is 1.39 bits per heavy atom. The van der Waals surface area contributed by atoms with Crippen LogP contribution in [0.15, 0.2) is 18.2 Å². The molecule has 0 radical (unpaired) electrons. The third-order valence-corrected chi connectivity index (χ3v) is 4.83. The van der Waals surface area contributed by atoms with Crippen LogP contribution in [-0.2, 0) is 9.84 Å². The second-order valence-corrected chi connectivity index (χ2v) is 7.03. The average molecular weight is 267 g/mol. The standard InChI is InChI=1S/C13H17NO3S/c1-10(2)18(15,16)7-6-17-13-8-12(9-14)5-4-11(13)3/h4-5,8,10H,6-7H2,1-3H3. The van der Waals surface area contributed by atoms with Gasteiger partial charge in [0.25, 0.3) is 0 Å². The summed E-state index contributed by atoms with van der Waals surface area (Å²) in [4.78, 5) is 0. The van der Waals surface area contributed by atoms with E-state index >= 15 is 0 Å². The van der Waals surface area contributed by atoms with Crippen LogP contribution in [0.3, 0.4) is 0 Å². The van der Waals surface area contributed by atoms with Crippen LogP contribution in [0.25, 0.3) is 0 Å². The molecule has 4 nitrogen and oxygen atoms in total. The number of hydrogen-bond donors (Lipinski definition) is 0. The zero-order valence-corrected chi connectivity index (χ0v) is 11.6. The predicted octanol–water partition coefficient (Wildman–Crippen LogP) is 2.07. The summed E-state index contributed by atoms with van der Waals surface area (Å²) in [5, 5.41) is 8.38. The molecule has 18 heavy (non-hydrogen) atoms. The molecular formula is C13H17NO3S. The molecule has 1 rings (SSSR count). The number of nitriles is 1. The molecule has 0 amide bonds. The van der Waals surface area contributed by atoms with E-state index in [1.165, 1.54) is 0 Å². The van der Waals surface area contributed by atoms with E-state index in [-0.39, 0.29) is 12.4 Å². The first kappa shape index (κ1) is 14.5. The van der Waals surface area contributed by atoms with Gasteiger partial charge in [0.15, 0.2) is 9.84 Å². The Labute approximate surface area is 108 Å². The second kappa shape index (κ2) is 5.87. The summed E-state index contributed by atoms with van der Waals surface area (Å²) < 4.78 is 28.6. The summed E-state index contributed by atoms with van der Waals surface area (Å²) in [6.45, 7) is 5.26. The van der Waals surface area contributed by atoms with Gasteiger partial charge < -0.3 is 4.74 Å². The van der Waals surface area contributed by atoms with Gasteiger partial charge in [0, 0.05) is 0 Å². The maximum atomic E-state index is 11.6. The zero-order valence-electron chi connectivity index (χ0n) is 10.8. The molecule has 0 saturated carbocycles. The van der Waals surface area contributed by atoms with Gasteiger partial charge in [-0.05, 0) is 38.5 Å². The van der Waals surface area contributed by atoms with E-state index < -0.39 is 15.1 Å². The highest BCUT2D eigenvalue weighted by Crippen LogP contribution is 2.19. The van der Waals surface area contributed by atoms with E-state index in [1.54, 1.807) is 32.0 Å². The Hall–Kier alpha value is -1.54. The van der Waals surface area contributed by atoms with Crippen molar-refractivity contribution in [1.82, 2.24) is 0 Å². The fourth-order valence-corrected chi connectivity index (χ4v) is 2.12. The Bertz CT molecular complexity index is 556. The molecule has 1 aromatic rings. The summed E-state index contributed by atoms with van der Waals surface area (Å²) >= 11 is 0. The Kier molecular flexibility index (Phi) is 4.74. The molecule has 0 saturated heterocycles. The van der Waals surface area contributed by atoms with Crippen LogP contribution in [-0.4, -0.2) is 26.0 Å². The topological polar surface area (TPSA) is 67.2 Å². The minimum Gasteiger partial charge on any atom is -0.492 e. The van der Waals surface area contributed by atoms with Crippen molar-refractivity contribution < 1.29 is 13.2 Å². The highest BCUT2D eigenvalue weighted by molar-refractivity contribution is 7.91. The number of sulfone groups is 1. The van der Waals surface area contributed by atoms with E-state index in [9.17, 15) is 8.42 Å². The van der Waals surface area contributed by atoms with Crippen LogP contribution >= 0.6 is 0 Å². The molecule has 5 heteroatoms. The smallest absolute Gasteiger partial charge is 0.155 e. The van der Waals surface area contributed by atoms with Gasteiger partial charge in [-0.3, -0.25) is 0 Å². The lowest BCUT2D eigenvalue weighted by Crippen LogP contribution is -2.22. The maximum absolute atomic E-state index is 11.6. The van der Waals surface area contributed by atoms with E-state index in [1.807, 2.05) is 13.0 Å². The molecule has 0 fully saturated rings. The summed E-state index contributed by atoms with van der Waals surface area (Å²) in [5.74, 6) is 0.550. The molecule has 0 unspecified atom stereocenters. The van der Waals surface area contributed by atoms with Gasteiger partial charge in [0.2, 0.25) is 0 Å². The van der Waals surface area contributed by atoms with E-state index in [4.69, 9.17) is 10.00 Å². The molecule has 0 spiro atoms. The fraction of sp³-hybridized carbons (Fsp3) is 0.462. The normalized spacial score (nSPS) is 11.3. The van der Waals surface area contributed by atoms with Gasteiger partial charge in [-0.1, -0.05) is 6.07 Å². The fourth-order valence-electron chi connectivity index (χ4n) is 1.33. The van der Waals surface area contributed by atoms with Crippen LogP contribution in [0.2, 0.25) is 0 Å². The number of nitrogens with zero attached hydrogens (tertiary/aromatic N) is 1. The van der Waals surface area contributed by atoms with Crippen molar-refractivity contribution >= 4 is 9.84 Å². The number of rotatable bonds is 5. The summed E-state index contributed by atoms with van der Waals surface area (Å²) in [5.41, 5.74) is 1.39. The van der Waals surface area contributed by atoms with Crippen LogP contribution < -0.4 is 4.74 Å². The lowest BCUT2D eigenvalue weighted by Gasteiger charge is -2.11. The van der Waals surface area contributed by atoms with Gasteiger partial charge in [-0.2, -0.15) is 5.26 Å². The summed E-state index contributed by atoms with van der Waals surface area (Å²) in [6.07, 6.45) is 0. The lowest BCUT2D eigenvalue weighted by atomic mass is 10.1. The quantitative estimate of drug-likeness (QED) is 0.819. The van der Waals surface area contributed by atoms with Gasteiger partial charge in [0.05, 0.1) is 22.6 Å². The van der Waals surface area contributed by atoms with Crippen LogP contribution in [0.1, 0.15) is 25.0 Å². The summed E-state index contributed by atoms with van der Waals surface area (Å²) in [6, 6.07) is 7.13. The van der Waals surface area contributed by atoms with E-state index in [0.717, 1.165) is 5.56 Å². The molecule has 0 heterocycles. The zero-order chi connectivity index (χ0) is 13.8. The number of benzene rings is 1. The first-order chi connectivity index (χ1) is 8.36. The van der Waals surface area contributed by atoms with Crippen molar-refractivity contribution in [2.75, 3.05) is 12.4 Å². The van der Waals surface area contributed by atoms with Crippen molar-refractivity contribution in [2.45, 2.75) is 26.0 Å². The SMILES string of the molecule is Cc1ccc(C#N)cc1OCCS(=O)(=O)C(C)C. The minimum atomic E-state index is -3.09. The summed E-state index contributed by atoms with van der Waals surface area (Å²) in [7, 11) is -3.09. The molecular weight excluding hydrogens is 250 g/mol. The Balaban J connectivity index is 2.68. The Morgan fingerprint density at radius 3 is 2.61 bits per heavy atom. The van der Waals surface area contributed by atoms with Crippen molar-refractivity contribution in [3.8, 4) is 11.8 Å². The molecule has 0 aromatic heterocycles. The Morgan fingerprint density at radius 2 is 2.06 bits per heavy atom. The molecule has 0 aliphatic heterocycles. The van der Waals surface area contributed by atoms with Gasteiger partial charge in [-0.25, -0.2) is 8.42 Å². The lowest BCUT2D eigenvalue weighted by molar-refractivity contribution is 0.338. The van der Waals surface area contributed by atoms with E-state index in [0.29, 0.717) is 11.3 Å². The van der Waals surface area contributed by atoms with Crippen LogP contribution in [0, 0.1) is 18.3 Å². The third kappa shape index (κ3) is 3.74. The van der Waals surface area contributed by atoms with E-state index in [2.05, 4.69) is 0 Å². The van der Waals surface area contributed by atoms with Crippen LogP contribution in [0.5, 0.6) is 5.75 Å². The molecule has 0 N–H and O–H groups in total. The van der Waals surface area contributed by atoms with Crippen molar-refractivity contribution in [2.24, 2.45) is 0 Å². The molecule has 0 bridgehead atoms. The van der Waals surface area contributed by atoms with Crippen LogP contribution in [0.4, 0.5) is 0 Å². The molecule has 0 aliphatic rings. The average Bonchev–Trinajstić information content (AvgIpc) is 2.31. The number of hydrogen-bond acceptors (Lipinski definition) is 4. The third-order valence-electron chi connectivity index (χ3n) is 2.66. The largest absolute Gasteiger partial charge is 0.492 e. The molecule has 98 valence electrons. The second-order valence-electron chi connectivity index (χ2n) is 4.36. The molecule has 0 aliphatic carbocycles. The predicted molar refractivity (Wildman–Crippen MR) is 70.3 cm³/mol. The van der Waals surface area contributed by atoms with Gasteiger partial charge >= 0.3 is 0 Å². The molecule has 1 aromatic carbocycles. The minimum absolute atomic E-state index is 0.0130. The highest BCUT2D eigenvalue weighted by Gasteiger charge is 2.16.